The van der Waals surface area contributed by atoms with Gasteiger partial charge in [-0.15, -0.1) is 0 Å². The summed E-state index contributed by atoms with van der Waals surface area (Å²) in [6, 6.07) is 15.6. The van der Waals surface area contributed by atoms with Crippen molar-refractivity contribution in [3.8, 4) is 0 Å². The van der Waals surface area contributed by atoms with E-state index in [-0.39, 0.29) is 17.9 Å². The van der Waals surface area contributed by atoms with E-state index >= 15 is 0 Å². The summed E-state index contributed by atoms with van der Waals surface area (Å²) < 4.78 is 0.987. The molecule has 0 unspecified atom stereocenters. The van der Waals surface area contributed by atoms with Crippen molar-refractivity contribution in [3.63, 3.8) is 0 Å². The van der Waals surface area contributed by atoms with E-state index in [4.69, 9.17) is 0 Å². The van der Waals surface area contributed by atoms with Crippen molar-refractivity contribution >= 4 is 27.7 Å². The Balaban J connectivity index is 2.13. The first-order valence-electron chi connectivity index (χ1n) is 10.2. The van der Waals surface area contributed by atoms with Crippen molar-refractivity contribution in [3.05, 3.63) is 69.7 Å². The maximum atomic E-state index is 13.1. The fourth-order valence-electron chi connectivity index (χ4n) is 2.98. The predicted octanol–water partition coefficient (Wildman–Crippen LogP) is 5.02. The highest BCUT2D eigenvalue weighted by Crippen LogP contribution is 2.16. The fourth-order valence-corrected chi connectivity index (χ4v) is 3.25. The maximum Gasteiger partial charge on any atom is 0.242 e. The summed E-state index contributed by atoms with van der Waals surface area (Å²) in [5, 5.41) is 3.00. The van der Waals surface area contributed by atoms with E-state index in [0.29, 0.717) is 19.4 Å². The molecule has 5 heteroatoms. The van der Waals surface area contributed by atoms with Gasteiger partial charge in [-0.2, -0.15) is 0 Å². The SMILES string of the molecule is CC[C@@H](C)NC(=O)[C@@H](C)N(Cc1ccc(Br)cc1)C(=O)CCc1ccc(C)cc1. The molecule has 2 aromatic carbocycles. The van der Waals surface area contributed by atoms with Crippen LogP contribution in [0.25, 0.3) is 0 Å². The third-order valence-electron chi connectivity index (χ3n) is 5.18. The molecule has 2 aromatic rings. The molecule has 4 nitrogen and oxygen atoms in total. The summed E-state index contributed by atoms with van der Waals surface area (Å²) in [4.78, 5) is 27.5. The molecule has 0 aliphatic heterocycles. The third-order valence-corrected chi connectivity index (χ3v) is 5.71. The molecule has 0 aliphatic carbocycles. The number of nitrogens with zero attached hydrogens (tertiary/aromatic N) is 1. The lowest BCUT2D eigenvalue weighted by Crippen LogP contribution is -2.49. The van der Waals surface area contributed by atoms with Crippen LogP contribution in [0.5, 0.6) is 0 Å². The number of carbonyl (C=O) groups is 2. The summed E-state index contributed by atoms with van der Waals surface area (Å²) >= 11 is 3.44. The predicted molar refractivity (Wildman–Crippen MR) is 122 cm³/mol. The van der Waals surface area contributed by atoms with Crippen LogP contribution in [0.3, 0.4) is 0 Å². The fraction of sp³-hybridized carbons (Fsp3) is 0.417. The molecular formula is C24H31BrN2O2. The first-order valence-corrected chi connectivity index (χ1v) is 11.0. The van der Waals surface area contributed by atoms with Gasteiger partial charge in [0.25, 0.3) is 0 Å². The van der Waals surface area contributed by atoms with Gasteiger partial charge >= 0.3 is 0 Å². The summed E-state index contributed by atoms with van der Waals surface area (Å²) in [6.07, 6.45) is 1.89. The number of aryl methyl sites for hydroxylation is 2. The topological polar surface area (TPSA) is 49.4 Å². The van der Waals surface area contributed by atoms with Crippen molar-refractivity contribution < 1.29 is 9.59 Å². The molecule has 0 aliphatic rings. The largest absolute Gasteiger partial charge is 0.352 e. The molecular weight excluding hydrogens is 428 g/mol. The van der Waals surface area contributed by atoms with Gasteiger partial charge in [-0.1, -0.05) is 64.8 Å². The molecule has 1 N–H and O–H groups in total. The Morgan fingerprint density at radius 1 is 1.00 bits per heavy atom. The molecule has 2 atom stereocenters. The van der Waals surface area contributed by atoms with Gasteiger partial charge in [-0.05, 0) is 56.9 Å². The van der Waals surface area contributed by atoms with Gasteiger partial charge in [0.05, 0.1) is 0 Å². The Kier molecular flexibility index (Phi) is 8.90. The molecule has 0 spiro atoms. The highest BCUT2D eigenvalue weighted by Gasteiger charge is 2.26. The van der Waals surface area contributed by atoms with Crippen LogP contribution in [-0.4, -0.2) is 28.8 Å². The summed E-state index contributed by atoms with van der Waals surface area (Å²) in [6.45, 7) is 8.27. The number of hydrogen-bond acceptors (Lipinski definition) is 2. The van der Waals surface area contributed by atoms with Gasteiger partial charge in [0, 0.05) is 23.5 Å². The zero-order valence-corrected chi connectivity index (χ0v) is 19.3. The Labute approximate surface area is 182 Å². The van der Waals surface area contributed by atoms with Crippen LogP contribution in [-0.2, 0) is 22.6 Å². The van der Waals surface area contributed by atoms with Crippen molar-refractivity contribution in [1.82, 2.24) is 10.2 Å². The van der Waals surface area contributed by atoms with Crippen molar-refractivity contribution in [2.75, 3.05) is 0 Å². The van der Waals surface area contributed by atoms with Crippen molar-refractivity contribution in [1.29, 1.82) is 0 Å². The number of halogens is 1. The molecule has 0 saturated carbocycles. The average molecular weight is 459 g/mol. The van der Waals surface area contributed by atoms with Gasteiger partial charge in [0.2, 0.25) is 11.8 Å². The van der Waals surface area contributed by atoms with E-state index in [1.54, 1.807) is 11.8 Å². The normalized spacial score (nSPS) is 12.9. The lowest BCUT2D eigenvalue weighted by Gasteiger charge is -2.30. The number of rotatable bonds is 9. The van der Waals surface area contributed by atoms with E-state index in [1.807, 2.05) is 45.0 Å². The second kappa shape index (κ2) is 11.1. The number of hydrogen-bond donors (Lipinski definition) is 1. The van der Waals surface area contributed by atoms with Crippen LogP contribution in [0.1, 0.15) is 50.3 Å². The van der Waals surface area contributed by atoms with Gasteiger partial charge in [-0.3, -0.25) is 9.59 Å². The highest BCUT2D eigenvalue weighted by atomic mass is 79.9. The standard InChI is InChI=1S/C24H31BrN2O2/c1-5-18(3)26-24(29)19(4)27(16-21-10-13-22(25)14-11-21)23(28)15-12-20-8-6-17(2)7-9-20/h6-11,13-14,18-19H,5,12,15-16H2,1-4H3,(H,26,29)/t18-,19-/m1/s1. The van der Waals surface area contributed by atoms with Gasteiger partial charge in [0.15, 0.2) is 0 Å². The lowest BCUT2D eigenvalue weighted by molar-refractivity contribution is -0.140. The van der Waals surface area contributed by atoms with E-state index in [1.165, 1.54) is 5.56 Å². The molecule has 0 fully saturated rings. The van der Waals surface area contributed by atoms with Crippen LogP contribution < -0.4 is 5.32 Å². The molecule has 29 heavy (non-hydrogen) atoms. The van der Waals surface area contributed by atoms with E-state index in [0.717, 1.165) is 22.0 Å². The second-order valence-electron chi connectivity index (χ2n) is 7.63. The van der Waals surface area contributed by atoms with E-state index < -0.39 is 6.04 Å². The minimum Gasteiger partial charge on any atom is -0.352 e. The molecule has 0 heterocycles. The highest BCUT2D eigenvalue weighted by molar-refractivity contribution is 9.10. The van der Waals surface area contributed by atoms with Gasteiger partial charge in [-0.25, -0.2) is 0 Å². The maximum absolute atomic E-state index is 13.1. The van der Waals surface area contributed by atoms with E-state index in [9.17, 15) is 9.59 Å². The number of benzene rings is 2. The third kappa shape index (κ3) is 7.32. The number of carbonyl (C=O) groups excluding carboxylic acids is 2. The van der Waals surface area contributed by atoms with Crippen molar-refractivity contribution in [2.45, 2.75) is 65.6 Å². The molecule has 156 valence electrons. The Hall–Kier alpha value is -2.14. The minimum atomic E-state index is -0.529. The monoisotopic (exact) mass is 458 g/mol. The van der Waals surface area contributed by atoms with Crippen LogP contribution >= 0.6 is 15.9 Å². The molecule has 0 saturated heterocycles. The van der Waals surface area contributed by atoms with Gasteiger partial charge in [0.1, 0.15) is 6.04 Å². The summed E-state index contributed by atoms with van der Waals surface area (Å²) in [7, 11) is 0. The first-order chi connectivity index (χ1) is 13.8. The van der Waals surface area contributed by atoms with Crippen molar-refractivity contribution in [2.24, 2.45) is 0 Å². The quantitative estimate of drug-likeness (QED) is 0.573. The van der Waals surface area contributed by atoms with Crippen LogP contribution in [0.4, 0.5) is 0 Å². The lowest BCUT2D eigenvalue weighted by atomic mass is 10.1. The molecule has 0 radical (unpaired) electrons. The van der Waals surface area contributed by atoms with Crippen LogP contribution in [0, 0.1) is 6.92 Å². The Morgan fingerprint density at radius 2 is 1.59 bits per heavy atom. The van der Waals surface area contributed by atoms with Gasteiger partial charge < -0.3 is 10.2 Å². The zero-order valence-electron chi connectivity index (χ0n) is 17.7. The molecule has 2 rings (SSSR count). The average Bonchev–Trinajstić information content (AvgIpc) is 2.72. The van der Waals surface area contributed by atoms with E-state index in [2.05, 4.69) is 45.5 Å². The number of nitrogens with one attached hydrogen (secondary N) is 1. The molecule has 0 aromatic heterocycles. The minimum absolute atomic E-state index is 0.0136. The summed E-state index contributed by atoms with van der Waals surface area (Å²) in [5.41, 5.74) is 3.33. The second-order valence-corrected chi connectivity index (χ2v) is 8.54. The Morgan fingerprint density at radius 3 is 2.17 bits per heavy atom. The smallest absolute Gasteiger partial charge is 0.242 e. The molecule has 0 bridgehead atoms. The van der Waals surface area contributed by atoms with Crippen LogP contribution in [0.15, 0.2) is 53.0 Å². The Bertz CT molecular complexity index is 803. The number of amides is 2. The zero-order chi connectivity index (χ0) is 21.4. The summed E-state index contributed by atoms with van der Waals surface area (Å²) in [5.74, 6) is -0.125. The first kappa shape index (κ1) is 23.1. The van der Waals surface area contributed by atoms with Crippen LogP contribution in [0.2, 0.25) is 0 Å². The molecule has 2 amide bonds.